The highest BCUT2D eigenvalue weighted by Crippen LogP contribution is 2.50. The van der Waals surface area contributed by atoms with Gasteiger partial charge >= 0.3 is 0 Å². The van der Waals surface area contributed by atoms with Gasteiger partial charge in [0, 0.05) is 16.8 Å². The van der Waals surface area contributed by atoms with Crippen molar-refractivity contribution in [1.82, 2.24) is 0 Å². The Morgan fingerprint density at radius 3 is 2.75 bits per heavy atom. The van der Waals surface area contributed by atoms with Crippen molar-refractivity contribution in [3.05, 3.63) is 28.3 Å². The van der Waals surface area contributed by atoms with Gasteiger partial charge in [-0.15, -0.1) is 0 Å². The van der Waals surface area contributed by atoms with Gasteiger partial charge in [-0.2, -0.15) is 0 Å². The van der Waals surface area contributed by atoms with Gasteiger partial charge in [0.1, 0.15) is 0 Å². The van der Waals surface area contributed by atoms with Crippen molar-refractivity contribution in [2.75, 3.05) is 5.32 Å². The van der Waals surface area contributed by atoms with Crippen LogP contribution in [0.2, 0.25) is 5.02 Å². The third-order valence-electron chi connectivity index (χ3n) is 5.15. The first-order valence-electron chi connectivity index (χ1n) is 7.43. The summed E-state index contributed by atoms with van der Waals surface area (Å²) in [6, 6.07) is 3.86. The molecule has 0 aromatic heterocycles. The maximum atomic E-state index is 11.5. The minimum absolute atomic E-state index is 0.0351. The fourth-order valence-electron chi connectivity index (χ4n) is 3.80. The highest BCUT2D eigenvalue weighted by molar-refractivity contribution is 6.32. The Kier molecular flexibility index (Phi) is 3.51. The molecule has 3 N–H and O–H groups in total. The predicted molar refractivity (Wildman–Crippen MR) is 81.9 cm³/mol. The second-order valence-electron chi connectivity index (χ2n) is 6.16. The van der Waals surface area contributed by atoms with E-state index in [0.717, 1.165) is 23.2 Å². The molecule has 1 aliphatic heterocycles. The standard InChI is InChI=1S/C16H21ClN2O/c1-2-16(5-3-4-6-16)15(18)11-7-10-8-14(20)19-13(10)9-12(11)17/h7,9,15H,2-6,8,18H2,1H3,(H,19,20). The zero-order valence-corrected chi connectivity index (χ0v) is 12.6. The van der Waals surface area contributed by atoms with Crippen LogP contribution in [0.1, 0.15) is 56.2 Å². The molecule has 0 radical (unpaired) electrons. The molecule has 3 rings (SSSR count). The summed E-state index contributed by atoms with van der Waals surface area (Å²) in [4.78, 5) is 11.5. The number of hydrogen-bond donors (Lipinski definition) is 2. The maximum Gasteiger partial charge on any atom is 0.228 e. The molecule has 0 bridgehead atoms. The number of benzene rings is 1. The molecule has 1 atom stereocenters. The van der Waals surface area contributed by atoms with E-state index in [1.54, 1.807) is 0 Å². The van der Waals surface area contributed by atoms with Gasteiger partial charge in [0.15, 0.2) is 0 Å². The first kappa shape index (κ1) is 13.9. The van der Waals surface area contributed by atoms with Gasteiger partial charge in [0.25, 0.3) is 0 Å². The van der Waals surface area contributed by atoms with Crippen molar-refractivity contribution in [1.29, 1.82) is 0 Å². The average Bonchev–Trinajstić information content (AvgIpc) is 3.03. The van der Waals surface area contributed by atoms with E-state index in [2.05, 4.69) is 12.2 Å². The summed E-state index contributed by atoms with van der Waals surface area (Å²) in [5, 5.41) is 3.51. The van der Waals surface area contributed by atoms with Crippen molar-refractivity contribution in [3.8, 4) is 0 Å². The number of halogens is 1. The van der Waals surface area contributed by atoms with Gasteiger partial charge in [-0.1, -0.05) is 37.4 Å². The average molecular weight is 293 g/mol. The molecule has 1 aromatic carbocycles. The van der Waals surface area contributed by atoms with Crippen LogP contribution < -0.4 is 11.1 Å². The Labute approximate surface area is 124 Å². The van der Waals surface area contributed by atoms with Crippen molar-refractivity contribution < 1.29 is 4.79 Å². The van der Waals surface area contributed by atoms with Crippen molar-refractivity contribution in [2.45, 2.75) is 51.5 Å². The van der Waals surface area contributed by atoms with Gasteiger partial charge in [-0.3, -0.25) is 4.79 Å². The fraction of sp³-hybridized carbons (Fsp3) is 0.562. The highest BCUT2D eigenvalue weighted by atomic mass is 35.5. The molecule has 20 heavy (non-hydrogen) atoms. The summed E-state index contributed by atoms with van der Waals surface area (Å²) < 4.78 is 0. The molecule has 0 spiro atoms. The molecule has 1 aliphatic carbocycles. The highest BCUT2D eigenvalue weighted by Gasteiger charge is 2.39. The minimum atomic E-state index is -0.0384. The largest absolute Gasteiger partial charge is 0.325 e. The molecular weight excluding hydrogens is 272 g/mol. The first-order chi connectivity index (χ1) is 9.55. The van der Waals surface area contributed by atoms with Crippen LogP contribution in [0.4, 0.5) is 5.69 Å². The molecule has 1 aromatic rings. The Balaban J connectivity index is 1.98. The summed E-state index contributed by atoms with van der Waals surface area (Å²) in [5.74, 6) is 0.0351. The Morgan fingerprint density at radius 2 is 2.10 bits per heavy atom. The molecule has 1 fully saturated rings. The second kappa shape index (κ2) is 5.05. The molecule has 2 aliphatic rings. The van der Waals surface area contributed by atoms with Crippen molar-refractivity contribution in [2.24, 2.45) is 11.1 Å². The number of nitrogens with two attached hydrogens (primary N) is 1. The molecular formula is C16H21ClN2O. The maximum absolute atomic E-state index is 11.5. The lowest BCUT2D eigenvalue weighted by molar-refractivity contribution is -0.115. The Bertz CT molecular complexity index is 550. The molecule has 1 heterocycles. The fourth-order valence-corrected chi connectivity index (χ4v) is 4.08. The molecule has 1 unspecified atom stereocenters. The third-order valence-corrected chi connectivity index (χ3v) is 5.47. The van der Waals surface area contributed by atoms with Crippen LogP contribution in [-0.2, 0) is 11.2 Å². The van der Waals surface area contributed by atoms with Crippen LogP contribution >= 0.6 is 11.6 Å². The number of carbonyl (C=O) groups excluding carboxylic acids is 1. The normalized spacial score (nSPS) is 21.6. The third kappa shape index (κ3) is 2.13. The first-order valence-corrected chi connectivity index (χ1v) is 7.81. The van der Waals surface area contributed by atoms with E-state index in [0.29, 0.717) is 11.4 Å². The minimum Gasteiger partial charge on any atom is -0.325 e. The van der Waals surface area contributed by atoms with E-state index in [-0.39, 0.29) is 17.4 Å². The van der Waals surface area contributed by atoms with Crippen molar-refractivity contribution in [3.63, 3.8) is 0 Å². The molecule has 0 saturated heterocycles. The van der Waals surface area contributed by atoms with E-state index in [1.807, 2.05) is 12.1 Å². The van der Waals surface area contributed by atoms with E-state index >= 15 is 0 Å². The van der Waals surface area contributed by atoms with E-state index in [1.165, 1.54) is 25.7 Å². The monoisotopic (exact) mass is 292 g/mol. The smallest absolute Gasteiger partial charge is 0.228 e. The molecule has 4 heteroatoms. The lowest BCUT2D eigenvalue weighted by Gasteiger charge is -2.35. The second-order valence-corrected chi connectivity index (χ2v) is 6.56. The Hall–Kier alpha value is -1.06. The van der Waals surface area contributed by atoms with Crippen LogP contribution in [0.5, 0.6) is 0 Å². The van der Waals surface area contributed by atoms with Gasteiger partial charge in [0.2, 0.25) is 5.91 Å². The molecule has 108 valence electrons. The SMILES string of the molecule is CCC1(C(N)c2cc3c(cc2Cl)NC(=O)C3)CCCC1. The molecule has 1 amide bonds. The summed E-state index contributed by atoms with van der Waals surface area (Å²) >= 11 is 6.42. The zero-order chi connectivity index (χ0) is 14.3. The zero-order valence-electron chi connectivity index (χ0n) is 11.8. The summed E-state index contributed by atoms with van der Waals surface area (Å²) in [5.41, 5.74) is 9.63. The topological polar surface area (TPSA) is 55.1 Å². The predicted octanol–water partition coefficient (Wildman–Crippen LogP) is 3.80. The number of fused-ring (bicyclic) bond motifs is 1. The summed E-state index contributed by atoms with van der Waals surface area (Å²) in [6.07, 6.45) is 6.38. The van der Waals surface area contributed by atoms with Crippen LogP contribution in [0.25, 0.3) is 0 Å². The summed E-state index contributed by atoms with van der Waals surface area (Å²) in [7, 11) is 0. The summed E-state index contributed by atoms with van der Waals surface area (Å²) in [6.45, 7) is 2.22. The Morgan fingerprint density at radius 1 is 1.40 bits per heavy atom. The van der Waals surface area contributed by atoms with Crippen LogP contribution in [0.15, 0.2) is 12.1 Å². The lowest BCUT2D eigenvalue weighted by atomic mass is 9.73. The van der Waals surface area contributed by atoms with Gasteiger partial charge in [-0.25, -0.2) is 0 Å². The van der Waals surface area contributed by atoms with E-state index in [9.17, 15) is 4.79 Å². The quantitative estimate of drug-likeness (QED) is 0.890. The van der Waals surface area contributed by atoms with Gasteiger partial charge < -0.3 is 11.1 Å². The van der Waals surface area contributed by atoms with E-state index < -0.39 is 0 Å². The number of anilines is 1. The molecule has 1 saturated carbocycles. The van der Waals surface area contributed by atoms with Crippen LogP contribution in [-0.4, -0.2) is 5.91 Å². The number of carbonyl (C=O) groups is 1. The van der Waals surface area contributed by atoms with Crippen LogP contribution in [0.3, 0.4) is 0 Å². The van der Waals surface area contributed by atoms with Crippen LogP contribution in [0, 0.1) is 5.41 Å². The van der Waals surface area contributed by atoms with Crippen molar-refractivity contribution >= 4 is 23.2 Å². The number of rotatable bonds is 3. The number of nitrogens with one attached hydrogen (secondary N) is 1. The lowest BCUT2D eigenvalue weighted by Crippen LogP contribution is -2.32. The van der Waals surface area contributed by atoms with Gasteiger partial charge in [0.05, 0.1) is 6.42 Å². The molecule has 3 nitrogen and oxygen atoms in total. The van der Waals surface area contributed by atoms with E-state index in [4.69, 9.17) is 17.3 Å². The number of amides is 1. The van der Waals surface area contributed by atoms with Gasteiger partial charge in [-0.05, 0) is 41.9 Å². The number of hydrogen-bond acceptors (Lipinski definition) is 2.